The maximum atomic E-state index is 5.58. The van der Waals surface area contributed by atoms with E-state index in [1.54, 1.807) is 6.20 Å². The van der Waals surface area contributed by atoms with Gasteiger partial charge in [0.15, 0.2) is 0 Å². The first-order chi connectivity index (χ1) is 9.78. The van der Waals surface area contributed by atoms with Gasteiger partial charge in [-0.05, 0) is 18.6 Å². The summed E-state index contributed by atoms with van der Waals surface area (Å²) in [5.74, 6) is 0.0824. The molecule has 0 aliphatic carbocycles. The Morgan fingerprint density at radius 3 is 2.45 bits per heavy atom. The highest BCUT2D eigenvalue weighted by atomic mass is 16.5. The average Bonchev–Trinajstić information content (AvgIpc) is 2.46. The summed E-state index contributed by atoms with van der Waals surface area (Å²) in [6, 6.07) is 6.08. The van der Waals surface area contributed by atoms with E-state index in [1.165, 1.54) is 0 Å². The molecule has 0 spiro atoms. The van der Waals surface area contributed by atoms with Crippen LogP contribution in [0, 0.1) is 0 Å². The van der Waals surface area contributed by atoms with Gasteiger partial charge in [0.25, 0.3) is 0 Å². The van der Waals surface area contributed by atoms with Crippen LogP contribution < -0.4 is 15.2 Å². The minimum Gasteiger partial charge on any atom is -0.463 e. The lowest BCUT2D eigenvalue weighted by atomic mass is 10.3. The van der Waals surface area contributed by atoms with Crippen LogP contribution in [-0.2, 0) is 6.42 Å². The summed E-state index contributed by atoms with van der Waals surface area (Å²) in [5, 5.41) is 0. The van der Waals surface area contributed by atoms with Crippen molar-refractivity contribution in [2.75, 3.05) is 18.9 Å². The van der Waals surface area contributed by atoms with Gasteiger partial charge < -0.3 is 15.2 Å². The van der Waals surface area contributed by atoms with Gasteiger partial charge in [0.1, 0.15) is 0 Å². The summed E-state index contributed by atoms with van der Waals surface area (Å²) >= 11 is 0. The second kappa shape index (κ2) is 7.22. The van der Waals surface area contributed by atoms with Crippen molar-refractivity contribution in [3.8, 4) is 12.0 Å². The number of hydrogen-bond donors (Lipinski definition) is 1. The van der Waals surface area contributed by atoms with Crippen LogP contribution >= 0.6 is 0 Å². The maximum Gasteiger partial charge on any atom is 0.324 e. The number of pyridine rings is 1. The lowest BCUT2D eigenvalue weighted by molar-refractivity contribution is 0.263. The normalized spacial score (nSPS) is 10.2. The third kappa shape index (κ3) is 4.34. The van der Waals surface area contributed by atoms with Gasteiger partial charge in [-0.1, -0.05) is 13.0 Å². The van der Waals surface area contributed by atoms with Crippen LogP contribution in [0.5, 0.6) is 12.0 Å². The van der Waals surface area contributed by atoms with Gasteiger partial charge in [-0.15, -0.1) is 4.98 Å². The van der Waals surface area contributed by atoms with E-state index in [0.717, 1.165) is 12.1 Å². The van der Waals surface area contributed by atoms with Crippen LogP contribution in [0.2, 0.25) is 0 Å². The van der Waals surface area contributed by atoms with Crippen LogP contribution in [0.15, 0.2) is 24.4 Å². The Kier molecular flexibility index (Phi) is 5.05. The Morgan fingerprint density at radius 1 is 1.05 bits per heavy atom. The molecule has 2 rings (SSSR count). The molecule has 0 unspecified atom stereocenters. The van der Waals surface area contributed by atoms with E-state index in [1.807, 2.05) is 25.1 Å². The van der Waals surface area contributed by atoms with Crippen LogP contribution in [0.1, 0.15) is 19.0 Å². The fourth-order valence-electron chi connectivity index (χ4n) is 1.47. The number of aromatic nitrogens is 4. The smallest absolute Gasteiger partial charge is 0.324 e. The van der Waals surface area contributed by atoms with E-state index in [0.29, 0.717) is 19.6 Å². The zero-order chi connectivity index (χ0) is 14.2. The molecule has 0 fully saturated rings. The molecule has 0 amide bonds. The topological polar surface area (TPSA) is 96.0 Å². The van der Waals surface area contributed by atoms with Gasteiger partial charge >= 0.3 is 12.0 Å². The highest BCUT2D eigenvalue weighted by Gasteiger charge is 2.06. The molecule has 2 N–H and O–H groups in total. The number of hydrogen-bond acceptors (Lipinski definition) is 7. The first-order valence-corrected chi connectivity index (χ1v) is 6.45. The first-order valence-electron chi connectivity index (χ1n) is 6.45. The molecule has 2 aromatic rings. The van der Waals surface area contributed by atoms with Gasteiger partial charge in [-0.2, -0.15) is 9.97 Å². The number of ether oxygens (including phenoxy) is 2. The molecule has 2 heterocycles. The van der Waals surface area contributed by atoms with E-state index in [-0.39, 0.29) is 18.0 Å². The van der Waals surface area contributed by atoms with Crippen molar-refractivity contribution in [1.82, 2.24) is 19.9 Å². The van der Waals surface area contributed by atoms with Crippen molar-refractivity contribution in [1.29, 1.82) is 0 Å². The molecular formula is C13H17N5O2. The van der Waals surface area contributed by atoms with Crippen LogP contribution in [-0.4, -0.2) is 33.1 Å². The molecule has 7 nitrogen and oxygen atoms in total. The number of nitrogens with two attached hydrogens (primary N) is 1. The Hall–Kier alpha value is -2.44. The average molecular weight is 275 g/mol. The standard InChI is InChI=1S/C13H17N5O2/c1-2-8-19-12-16-11(14)17-13(18-12)20-9-6-10-5-3-4-7-15-10/h3-5,7H,2,6,8-9H2,1H3,(H2,14,16,17,18). The minimum atomic E-state index is 0.0824. The molecule has 0 saturated heterocycles. The Bertz CT molecular complexity index is 536. The summed E-state index contributed by atoms with van der Waals surface area (Å²) in [7, 11) is 0. The molecule has 0 aliphatic heterocycles. The largest absolute Gasteiger partial charge is 0.463 e. The Labute approximate surface area is 117 Å². The Balaban J connectivity index is 1.90. The number of nitrogen functional groups attached to an aromatic ring is 1. The molecule has 0 radical (unpaired) electrons. The van der Waals surface area contributed by atoms with Crippen LogP contribution in [0.4, 0.5) is 5.95 Å². The third-order valence-electron chi connectivity index (χ3n) is 2.36. The minimum absolute atomic E-state index is 0.0824. The molecule has 0 bridgehead atoms. The van der Waals surface area contributed by atoms with Crippen LogP contribution in [0.25, 0.3) is 0 Å². The second-order valence-electron chi connectivity index (χ2n) is 4.03. The molecule has 0 aliphatic rings. The summed E-state index contributed by atoms with van der Waals surface area (Å²) in [4.78, 5) is 16.0. The summed E-state index contributed by atoms with van der Waals surface area (Å²) in [6.45, 7) is 2.93. The molecule has 0 aromatic carbocycles. The highest BCUT2D eigenvalue weighted by molar-refractivity contribution is 5.20. The summed E-state index contributed by atoms with van der Waals surface area (Å²) in [6.07, 6.45) is 3.27. The monoisotopic (exact) mass is 275 g/mol. The maximum absolute atomic E-state index is 5.58. The van der Waals surface area contributed by atoms with E-state index in [4.69, 9.17) is 15.2 Å². The Morgan fingerprint density at radius 2 is 1.80 bits per heavy atom. The van der Waals surface area contributed by atoms with Gasteiger partial charge in [-0.25, -0.2) is 0 Å². The van der Waals surface area contributed by atoms with Crippen molar-refractivity contribution >= 4 is 5.95 Å². The lowest BCUT2D eigenvalue weighted by Crippen LogP contribution is -2.09. The third-order valence-corrected chi connectivity index (χ3v) is 2.36. The molecule has 0 saturated carbocycles. The second-order valence-corrected chi connectivity index (χ2v) is 4.03. The number of rotatable bonds is 7. The molecule has 20 heavy (non-hydrogen) atoms. The van der Waals surface area contributed by atoms with E-state index < -0.39 is 0 Å². The van der Waals surface area contributed by atoms with Gasteiger partial charge in [0, 0.05) is 18.3 Å². The van der Waals surface area contributed by atoms with Gasteiger partial charge in [0.05, 0.1) is 13.2 Å². The van der Waals surface area contributed by atoms with Crippen LogP contribution in [0.3, 0.4) is 0 Å². The summed E-state index contributed by atoms with van der Waals surface area (Å²) in [5.41, 5.74) is 6.52. The highest BCUT2D eigenvalue weighted by Crippen LogP contribution is 2.11. The van der Waals surface area contributed by atoms with Gasteiger partial charge in [-0.3, -0.25) is 4.98 Å². The molecule has 7 heteroatoms. The van der Waals surface area contributed by atoms with E-state index >= 15 is 0 Å². The number of anilines is 1. The van der Waals surface area contributed by atoms with Crippen molar-refractivity contribution in [3.05, 3.63) is 30.1 Å². The fraction of sp³-hybridized carbons (Fsp3) is 0.385. The summed E-state index contributed by atoms with van der Waals surface area (Å²) < 4.78 is 10.8. The lowest BCUT2D eigenvalue weighted by Gasteiger charge is -2.07. The van der Waals surface area contributed by atoms with Crippen molar-refractivity contribution < 1.29 is 9.47 Å². The van der Waals surface area contributed by atoms with Crippen molar-refractivity contribution in [3.63, 3.8) is 0 Å². The predicted molar refractivity (Wildman–Crippen MR) is 73.5 cm³/mol. The van der Waals surface area contributed by atoms with Crippen molar-refractivity contribution in [2.45, 2.75) is 19.8 Å². The molecule has 2 aromatic heterocycles. The zero-order valence-electron chi connectivity index (χ0n) is 11.3. The predicted octanol–water partition coefficient (Wildman–Crippen LogP) is 1.26. The zero-order valence-corrected chi connectivity index (χ0v) is 11.3. The fourth-order valence-corrected chi connectivity index (χ4v) is 1.47. The number of nitrogens with zero attached hydrogens (tertiary/aromatic N) is 4. The van der Waals surface area contributed by atoms with Gasteiger partial charge in [0.2, 0.25) is 5.95 Å². The molecular weight excluding hydrogens is 258 g/mol. The van der Waals surface area contributed by atoms with Crippen molar-refractivity contribution in [2.24, 2.45) is 0 Å². The SMILES string of the molecule is CCCOc1nc(N)nc(OCCc2ccccn2)n1. The van der Waals surface area contributed by atoms with E-state index in [9.17, 15) is 0 Å². The molecule has 106 valence electrons. The quantitative estimate of drug-likeness (QED) is 0.812. The molecule has 0 atom stereocenters. The van der Waals surface area contributed by atoms with E-state index in [2.05, 4.69) is 19.9 Å². The first kappa shape index (κ1) is 14.0.